The van der Waals surface area contributed by atoms with Gasteiger partial charge in [-0.2, -0.15) is 0 Å². The second kappa shape index (κ2) is 4.90. The predicted molar refractivity (Wildman–Crippen MR) is 77.1 cm³/mol. The third-order valence-corrected chi connectivity index (χ3v) is 3.46. The monoisotopic (exact) mass is 284 g/mol. The third-order valence-electron chi connectivity index (χ3n) is 3.46. The first kappa shape index (κ1) is 13.1. The minimum atomic E-state index is -0.728. The lowest BCUT2D eigenvalue weighted by Crippen LogP contribution is -2.14. The van der Waals surface area contributed by atoms with E-state index >= 15 is 0 Å². The summed E-state index contributed by atoms with van der Waals surface area (Å²) in [6.07, 6.45) is 0.811. The van der Waals surface area contributed by atoms with E-state index < -0.39 is 22.1 Å². The zero-order valence-corrected chi connectivity index (χ0v) is 11.0. The van der Waals surface area contributed by atoms with Gasteiger partial charge in [0.15, 0.2) is 5.75 Å². The maximum atomic E-state index is 10.9. The van der Waals surface area contributed by atoms with Crippen LogP contribution in [-0.2, 0) is 6.42 Å². The van der Waals surface area contributed by atoms with Gasteiger partial charge in [-0.25, -0.2) is 0 Å². The van der Waals surface area contributed by atoms with Gasteiger partial charge in [0.1, 0.15) is 0 Å². The molecule has 0 atom stereocenters. The molecule has 0 saturated heterocycles. The number of rotatable bonds is 2. The van der Waals surface area contributed by atoms with Crippen LogP contribution in [-0.4, -0.2) is 27.4 Å². The van der Waals surface area contributed by atoms with Gasteiger partial charge < -0.3 is 10.2 Å². The Morgan fingerprint density at radius 2 is 1.95 bits per heavy atom. The Hall–Kier alpha value is -2.89. The molecular formula is C15H12N2O4. The molecule has 0 saturated carbocycles. The van der Waals surface area contributed by atoms with E-state index in [0.717, 1.165) is 17.5 Å². The molecule has 0 aromatic heterocycles. The lowest BCUT2D eigenvalue weighted by Gasteiger charge is -2.17. The van der Waals surface area contributed by atoms with E-state index in [1.54, 1.807) is 0 Å². The fourth-order valence-electron chi connectivity index (χ4n) is 2.47. The fourth-order valence-corrected chi connectivity index (χ4v) is 2.47. The number of nitro benzene ring substituents is 1. The van der Waals surface area contributed by atoms with Gasteiger partial charge >= 0.3 is 5.69 Å². The first-order chi connectivity index (χ1) is 10.1. The minimum absolute atomic E-state index is 0.421. The number of nitro groups is 1. The number of hydrogen-bond donors (Lipinski definition) is 2. The van der Waals surface area contributed by atoms with Gasteiger partial charge in [0, 0.05) is 23.7 Å². The highest BCUT2D eigenvalue weighted by Gasteiger charge is 2.23. The maximum Gasteiger partial charge on any atom is 0.315 e. The lowest BCUT2D eigenvalue weighted by molar-refractivity contribution is -0.386. The van der Waals surface area contributed by atoms with Crippen molar-refractivity contribution in [2.45, 2.75) is 6.42 Å². The van der Waals surface area contributed by atoms with Gasteiger partial charge in [0.25, 0.3) is 0 Å². The zero-order valence-electron chi connectivity index (χ0n) is 11.0. The second-order valence-electron chi connectivity index (χ2n) is 4.76. The van der Waals surface area contributed by atoms with Gasteiger partial charge in [0.05, 0.1) is 10.6 Å². The molecule has 1 aliphatic heterocycles. The van der Waals surface area contributed by atoms with Crippen LogP contribution in [0.3, 0.4) is 0 Å². The Kier molecular flexibility index (Phi) is 3.06. The van der Waals surface area contributed by atoms with E-state index in [-0.39, 0.29) is 0 Å². The predicted octanol–water partition coefficient (Wildman–Crippen LogP) is 2.40. The van der Waals surface area contributed by atoms with Crippen LogP contribution >= 0.6 is 0 Å². The van der Waals surface area contributed by atoms with E-state index in [1.807, 2.05) is 24.3 Å². The molecule has 0 spiro atoms. The topological polar surface area (TPSA) is 96.0 Å². The number of phenolic OH excluding ortho intramolecular Hbond substituents is 2. The van der Waals surface area contributed by atoms with Gasteiger partial charge in [-0.05, 0) is 18.1 Å². The molecule has 2 N–H and O–H groups in total. The van der Waals surface area contributed by atoms with Crippen LogP contribution < -0.4 is 0 Å². The summed E-state index contributed by atoms with van der Waals surface area (Å²) in [4.78, 5) is 14.6. The average Bonchev–Trinajstić information content (AvgIpc) is 2.49. The van der Waals surface area contributed by atoms with E-state index in [1.165, 1.54) is 12.1 Å². The Labute approximate surface area is 120 Å². The summed E-state index contributed by atoms with van der Waals surface area (Å²) >= 11 is 0. The van der Waals surface area contributed by atoms with Crippen molar-refractivity contribution < 1.29 is 15.1 Å². The molecule has 3 rings (SSSR count). The molecule has 0 radical (unpaired) electrons. The lowest BCUT2D eigenvalue weighted by atomic mass is 9.93. The first-order valence-corrected chi connectivity index (χ1v) is 6.41. The number of nitrogens with zero attached hydrogens (tertiary/aromatic N) is 2. The molecule has 0 amide bonds. The van der Waals surface area contributed by atoms with E-state index in [2.05, 4.69) is 4.99 Å². The van der Waals surface area contributed by atoms with Crippen LogP contribution in [0.2, 0.25) is 0 Å². The molecule has 6 nitrogen and oxygen atoms in total. The van der Waals surface area contributed by atoms with Crippen molar-refractivity contribution in [3.63, 3.8) is 0 Å². The van der Waals surface area contributed by atoms with E-state index in [0.29, 0.717) is 17.8 Å². The summed E-state index contributed by atoms with van der Waals surface area (Å²) in [6.45, 7) is 0.585. The Morgan fingerprint density at radius 1 is 1.19 bits per heavy atom. The van der Waals surface area contributed by atoms with Crippen LogP contribution in [0.1, 0.15) is 16.7 Å². The van der Waals surface area contributed by atoms with Crippen molar-refractivity contribution in [3.05, 3.63) is 63.2 Å². The van der Waals surface area contributed by atoms with Crippen molar-refractivity contribution >= 4 is 11.4 Å². The molecule has 2 aromatic rings. The average molecular weight is 284 g/mol. The van der Waals surface area contributed by atoms with Crippen LogP contribution in [0.5, 0.6) is 11.5 Å². The number of benzene rings is 2. The molecular weight excluding hydrogens is 272 g/mol. The van der Waals surface area contributed by atoms with E-state index in [9.17, 15) is 20.3 Å². The highest BCUT2D eigenvalue weighted by Crippen LogP contribution is 2.37. The SMILES string of the molecule is O=[N+]([O-])c1cc(C2=NCCc3ccccc32)cc(O)c1O. The normalized spacial score (nSPS) is 13.4. The molecule has 6 heteroatoms. The third kappa shape index (κ3) is 2.20. The number of phenols is 2. The highest BCUT2D eigenvalue weighted by molar-refractivity contribution is 6.14. The Morgan fingerprint density at radius 3 is 2.71 bits per heavy atom. The summed E-state index contributed by atoms with van der Waals surface area (Å²) in [5.41, 5.74) is 2.48. The maximum absolute atomic E-state index is 10.9. The molecule has 0 fully saturated rings. The molecule has 1 aliphatic rings. The zero-order chi connectivity index (χ0) is 15.0. The highest BCUT2D eigenvalue weighted by atomic mass is 16.6. The molecule has 0 bridgehead atoms. The van der Waals surface area contributed by atoms with Crippen molar-refractivity contribution in [2.75, 3.05) is 6.54 Å². The number of aromatic hydroxyl groups is 2. The number of fused-ring (bicyclic) bond motifs is 1. The quantitative estimate of drug-likeness (QED) is 0.503. The largest absolute Gasteiger partial charge is 0.504 e. The molecule has 2 aromatic carbocycles. The Balaban J connectivity index is 2.18. The fraction of sp³-hybridized carbons (Fsp3) is 0.133. The molecule has 1 heterocycles. The molecule has 106 valence electrons. The molecule has 0 unspecified atom stereocenters. The van der Waals surface area contributed by atoms with Crippen molar-refractivity contribution in [3.8, 4) is 11.5 Å². The summed E-state index contributed by atoms with van der Waals surface area (Å²) in [5, 5.41) is 30.2. The second-order valence-corrected chi connectivity index (χ2v) is 4.76. The summed E-state index contributed by atoms with van der Waals surface area (Å²) in [5.74, 6) is -1.25. The standard InChI is InChI=1S/C15H12N2O4/c18-13-8-10(7-12(15(13)19)17(20)21)14-11-4-2-1-3-9(11)5-6-16-14/h1-4,7-8,18-19H,5-6H2. The van der Waals surface area contributed by atoms with Crippen LogP contribution in [0.15, 0.2) is 41.4 Å². The smallest absolute Gasteiger partial charge is 0.315 e. The van der Waals surface area contributed by atoms with Crippen molar-refractivity contribution in [1.29, 1.82) is 0 Å². The summed E-state index contributed by atoms with van der Waals surface area (Å²) < 4.78 is 0. The van der Waals surface area contributed by atoms with Crippen molar-refractivity contribution in [1.82, 2.24) is 0 Å². The number of hydrogen-bond acceptors (Lipinski definition) is 5. The summed E-state index contributed by atoms with van der Waals surface area (Å²) in [7, 11) is 0. The van der Waals surface area contributed by atoms with E-state index in [4.69, 9.17) is 0 Å². The molecule has 21 heavy (non-hydrogen) atoms. The minimum Gasteiger partial charge on any atom is -0.504 e. The first-order valence-electron chi connectivity index (χ1n) is 6.41. The van der Waals surface area contributed by atoms with Gasteiger partial charge in [0.2, 0.25) is 5.75 Å². The Bertz CT molecular complexity index is 768. The number of aliphatic imine (C=N–C) groups is 1. The van der Waals surface area contributed by atoms with Gasteiger partial charge in [-0.15, -0.1) is 0 Å². The summed E-state index contributed by atoms with van der Waals surface area (Å²) in [6, 6.07) is 10.2. The van der Waals surface area contributed by atoms with Crippen LogP contribution in [0.25, 0.3) is 0 Å². The van der Waals surface area contributed by atoms with Crippen LogP contribution in [0, 0.1) is 10.1 Å². The van der Waals surface area contributed by atoms with Crippen molar-refractivity contribution in [2.24, 2.45) is 4.99 Å². The molecule has 0 aliphatic carbocycles. The van der Waals surface area contributed by atoms with Crippen LogP contribution in [0.4, 0.5) is 5.69 Å². The van der Waals surface area contributed by atoms with Gasteiger partial charge in [-0.1, -0.05) is 24.3 Å². The van der Waals surface area contributed by atoms with Gasteiger partial charge in [-0.3, -0.25) is 15.1 Å².